The highest BCUT2D eigenvalue weighted by Crippen LogP contribution is 2.49. The van der Waals surface area contributed by atoms with Crippen molar-refractivity contribution in [3.63, 3.8) is 0 Å². The van der Waals surface area contributed by atoms with E-state index in [2.05, 4.69) is 52.7 Å². The predicted molar refractivity (Wildman–Crippen MR) is 118 cm³/mol. The molecule has 5 nitrogen and oxygen atoms in total. The lowest BCUT2D eigenvalue weighted by Gasteiger charge is -2.37. The number of carbonyl (C=O) groups excluding carboxylic acids is 1. The first kappa shape index (κ1) is 22.7. The molecular formula is C26H30BrN3O2. The highest BCUT2D eigenvalue weighted by atomic mass is 79.9. The summed E-state index contributed by atoms with van der Waals surface area (Å²) in [5, 5.41) is 0. The first-order valence-electron chi connectivity index (χ1n) is 11.2. The second kappa shape index (κ2) is 9.20. The lowest BCUT2D eigenvalue weighted by atomic mass is 9.64. The van der Waals surface area contributed by atoms with E-state index in [-0.39, 0.29) is 28.8 Å². The minimum Gasteiger partial charge on any atom is -1.00 e. The number of aromatic nitrogens is 2. The summed E-state index contributed by atoms with van der Waals surface area (Å²) in [4.78, 5) is 13.2. The normalized spacial score (nSPS) is 22.3. The van der Waals surface area contributed by atoms with Crippen LogP contribution in [0.15, 0.2) is 73.1 Å². The Bertz CT molecular complexity index is 1020. The molecule has 1 amide bonds. The van der Waals surface area contributed by atoms with E-state index in [1.807, 2.05) is 36.4 Å². The Morgan fingerprint density at radius 2 is 1.69 bits per heavy atom. The van der Waals surface area contributed by atoms with Crippen molar-refractivity contribution >= 4 is 5.91 Å². The van der Waals surface area contributed by atoms with E-state index in [1.54, 1.807) is 0 Å². The molecule has 2 heterocycles. The summed E-state index contributed by atoms with van der Waals surface area (Å²) in [7, 11) is 0. The van der Waals surface area contributed by atoms with Crippen LogP contribution < -0.4 is 27.3 Å². The molecule has 1 aliphatic carbocycles. The van der Waals surface area contributed by atoms with Crippen molar-refractivity contribution in [2.75, 3.05) is 6.61 Å². The maximum Gasteiger partial charge on any atom is 0.253 e. The summed E-state index contributed by atoms with van der Waals surface area (Å²) >= 11 is 0. The predicted octanol–water partition coefficient (Wildman–Crippen LogP) is 0.300. The van der Waals surface area contributed by atoms with Gasteiger partial charge in [-0.25, -0.2) is 9.13 Å². The largest absolute Gasteiger partial charge is 1.00 e. The molecule has 2 aliphatic rings. The zero-order valence-electron chi connectivity index (χ0n) is 18.4. The van der Waals surface area contributed by atoms with Crippen LogP contribution in [0, 0.1) is 12.8 Å². The van der Waals surface area contributed by atoms with Gasteiger partial charge >= 0.3 is 0 Å². The Kier molecular flexibility index (Phi) is 6.54. The van der Waals surface area contributed by atoms with Gasteiger partial charge in [-0.2, -0.15) is 0 Å². The highest BCUT2D eigenvalue weighted by Gasteiger charge is 2.51. The topological polar surface area (TPSA) is 64.4 Å². The minimum absolute atomic E-state index is 0. The van der Waals surface area contributed by atoms with Gasteiger partial charge in [0.05, 0.1) is 6.61 Å². The molecule has 2 fully saturated rings. The van der Waals surface area contributed by atoms with E-state index in [0.29, 0.717) is 12.1 Å². The Labute approximate surface area is 200 Å². The van der Waals surface area contributed by atoms with Gasteiger partial charge in [-0.3, -0.25) is 4.79 Å². The summed E-state index contributed by atoms with van der Waals surface area (Å²) in [6.07, 6.45) is 7.61. The van der Waals surface area contributed by atoms with Crippen LogP contribution in [-0.2, 0) is 21.5 Å². The van der Waals surface area contributed by atoms with Crippen LogP contribution in [0.3, 0.4) is 0 Å². The maximum absolute atomic E-state index is 13.2. The molecule has 1 aromatic heterocycles. The molecule has 3 atom stereocenters. The molecule has 32 heavy (non-hydrogen) atoms. The van der Waals surface area contributed by atoms with E-state index in [0.717, 1.165) is 43.5 Å². The quantitative estimate of drug-likeness (QED) is 0.378. The molecule has 0 spiro atoms. The van der Waals surface area contributed by atoms with Gasteiger partial charge in [0, 0.05) is 6.92 Å². The van der Waals surface area contributed by atoms with E-state index < -0.39 is 5.41 Å². The maximum atomic E-state index is 13.2. The van der Waals surface area contributed by atoms with Gasteiger partial charge < -0.3 is 27.5 Å². The third kappa shape index (κ3) is 3.90. The summed E-state index contributed by atoms with van der Waals surface area (Å²) < 4.78 is 10.1. The van der Waals surface area contributed by atoms with Crippen molar-refractivity contribution in [1.29, 1.82) is 0 Å². The number of amides is 1. The Balaban J connectivity index is 0.00000245. The third-order valence-corrected chi connectivity index (χ3v) is 7.26. The number of imidazole rings is 1. The van der Waals surface area contributed by atoms with Gasteiger partial charge in [-0.05, 0) is 36.3 Å². The number of epoxide rings is 1. The second-order valence-corrected chi connectivity index (χ2v) is 8.93. The van der Waals surface area contributed by atoms with Crippen molar-refractivity contribution in [2.45, 2.75) is 50.3 Å². The standard InChI is InChI=1S/C26H29N3O2.BrH/c1-19-28(17-24-18-31-24)14-15-29(19)23-13-12-22(16-23)26(25(27)30,20-8-4-2-5-9-20)21-10-6-3-7-11-21;/h2-11,14-15,22-24H,12-13,16-18H2,1H3,(H-,27,30);1H/t22-,23-,24?;/m1./s1. The average Bonchev–Trinajstić information content (AvgIpc) is 3.36. The molecule has 1 saturated carbocycles. The SMILES string of the molecule is Cc1n([C@@H]2CC[C@@H](C(C(N)=O)(c3ccccc3)c3ccccc3)C2)cc[n+]1CC1CO1.[Br-]. The first-order chi connectivity index (χ1) is 15.1. The smallest absolute Gasteiger partial charge is 0.253 e. The first-order valence-corrected chi connectivity index (χ1v) is 11.2. The number of carbonyl (C=O) groups is 1. The number of hydrogen-bond donors (Lipinski definition) is 1. The van der Waals surface area contributed by atoms with Crippen molar-refractivity contribution in [3.05, 3.63) is 90.0 Å². The molecule has 5 rings (SSSR count). The number of halogens is 1. The Morgan fingerprint density at radius 1 is 1.09 bits per heavy atom. The molecule has 6 heteroatoms. The highest BCUT2D eigenvalue weighted by molar-refractivity contribution is 5.91. The van der Waals surface area contributed by atoms with E-state index in [4.69, 9.17) is 10.5 Å². The fourth-order valence-corrected chi connectivity index (χ4v) is 5.62. The van der Waals surface area contributed by atoms with Crippen molar-refractivity contribution < 1.29 is 31.1 Å². The van der Waals surface area contributed by atoms with Gasteiger partial charge in [0.2, 0.25) is 5.91 Å². The van der Waals surface area contributed by atoms with Crippen LogP contribution >= 0.6 is 0 Å². The molecule has 1 saturated heterocycles. The number of ether oxygens (including phenoxy) is 1. The molecule has 168 valence electrons. The number of benzene rings is 2. The van der Waals surface area contributed by atoms with Gasteiger partial charge in [-0.15, -0.1) is 0 Å². The molecule has 3 aromatic rings. The van der Waals surface area contributed by atoms with Crippen molar-refractivity contribution in [3.8, 4) is 0 Å². The molecule has 2 N–H and O–H groups in total. The van der Waals surface area contributed by atoms with E-state index >= 15 is 0 Å². The van der Waals surface area contributed by atoms with Crippen LogP contribution in [0.1, 0.15) is 42.3 Å². The van der Waals surface area contributed by atoms with Crippen molar-refractivity contribution in [1.82, 2.24) is 4.57 Å². The van der Waals surface area contributed by atoms with Gasteiger partial charge in [0.15, 0.2) is 0 Å². The van der Waals surface area contributed by atoms with Crippen LogP contribution in [-0.4, -0.2) is 23.2 Å². The monoisotopic (exact) mass is 495 g/mol. The summed E-state index contributed by atoms with van der Waals surface area (Å²) in [5.74, 6) is 1.12. The van der Waals surface area contributed by atoms with E-state index in [1.165, 1.54) is 5.82 Å². The van der Waals surface area contributed by atoms with Crippen molar-refractivity contribution in [2.24, 2.45) is 11.7 Å². The van der Waals surface area contributed by atoms with Gasteiger partial charge in [0.25, 0.3) is 5.82 Å². The minimum atomic E-state index is -0.823. The average molecular weight is 496 g/mol. The number of hydrogen-bond acceptors (Lipinski definition) is 2. The molecule has 0 bridgehead atoms. The summed E-state index contributed by atoms with van der Waals surface area (Å²) in [6, 6.07) is 20.5. The number of primary amides is 1. The van der Waals surface area contributed by atoms with Gasteiger partial charge in [-0.1, -0.05) is 60.7 Å². The Morgan fingerprint density at radius 3 is 2.22 bits per heavy atom. The lowest BCUT2D eigenvalue weighted by molar-refractivity contribution is -0.703. The number of nitrogens with zero attached hydrogens (tertiary/aromatic N) is 2. The number of nitrogens with two attached hydrogens (primary N) is 1. The zero-order valence-corrected chi connectivity index (χ0v) is 19.9. The van der Waals surface area contributed by atoms with Gasteiger partial charge in [0.1, 0.15) is 36.5 Å². The fourth-order valence-electron chi connectivity index (χ4n) is 5.62. The molecule has 1 unspecified atom stereocenters. The van der Waals surface area contributed by atoms with E-state index in [9.17, 15) is 4.79 Å². The zero-order chi connectivity index (χ0) is 21.4. The molecular weight excluding hydrogens is 466 g/mol. The third-order valence-electron chi connectivity index (χ3n) is 7.26. The number of rotatable bonds is 7. The van der Waals surface area contributed by atoms with Crippen LogP contribution in [0.25, 0.3) is 0 Å². The second-order valence-electron chi connectivity index (χ2n) is 8.93. The molecule has 0 radical (unpaired) electrons. The molecule has 1 aliphatic heterocycles. The summed E-state index contributed by atoms with van der Waals surface area (Å²) in [5.41, 5.74) is 7.39. The fraction of sp³-hybridized carbons (Fsp3) is 0.385. The molecule has 2 aromatic carbocycles. The van der Waals surface area contributed by atoms with Crippen LogP contribution in [0.4, 0.5) is 0 Å². The van der Waals surface area contributed by atoms with Crippen LogP contribution in [0.2, 0.25) is 0 Å². The van der Waals surface area contributed by atoms with Crippen LogP contribution in [0.5, 0.6) is 0 Å². The lowest BCUT2D eigenvalue weighted by Crippen LogP contribution is -3.00. The summed E-state index contributed by atoms with van der Waals surface area (Å²) in [6.45, 7) is 3.94. The Hall–Kier alpha value is -2.44.